The molecule has 0 bridgehead atoms. The SMILES string of the molecule is CCOC(=O)C1=C(C)N=c2sc(=Cc3ccc(OC)cc3OC)c(=O)n2C1c1ccc(OC(C)C)cc1. The second kappa shape index (κ2) is 11.0. The summed E-state index contributed by atoms with van der Waals surface area (Å²) in [5.41, 5.74) is 2.06. The topological polar surface area (TPSA) is 88.4 Å². The maximum Gasteiger partial charge on any atom is 0.338 e. The highest BCUT2D eigenvalue weighted by Crippen LogP contribution is 2.32. The smallest absolute Gasteiger partial charge is 0.338 e. The van der Waals surface area contributed by atoms with Gasteiger partial charge in [0, 0.05) is 11.6 Å². The summed E-state index contributed by atoms with van der Waals surface area (Å²) in [6.45, 7) is 7.63. The van der Waals surface area contributed by atoms with Gasteiger partial charge in [0.25, 0.3) is 5.56 Å². The summed E-state index contributed by atoms with van der Waals surface area (Å²) in [6, 6.07) is 12.1. The standard InChI is InChI=1S/C28H30N2O6S/c1-7-35-27(32)24-17(4)29-28-30(25(24)18-8-11-20(12-9-18)36-16(2)3)26(31)23(37-28)14-19-10-13-21(33-5)15-22(19)34-6/h8-16,25H,7H2,1-6H3. The Morgan fingerprint density at radius 1 is 1.11 bits per heavy atom. The summed E-state index contributed by atoms with van der Waals surface area (Å²) in [5.74, 6) is 1.43. The number of methoxy groups -OCH3 is 2. The van der Waals surface area contributed by atoms with Crippen molar-refractivity contribution in [3.8, 4) is 17.2 Å². The van der Waals surface area contributed by atoms with Crippen LogP contribution in [0.2, 0.25) is 0 Å². The van der Waals surface area contributed by atoms with Gasteiger partial charge in [-0.05, 0) is 63.6 Å². The van der Waals surface area contributed by atoms with Crippen molar-refractivity contribution >= 4 is 23.4 Å². The van der Waals surface area contributed by atoms with Gasteiger partial charge in [0.15, 0.2) is 4.80 Å². The largest absolute Gasteiger partial charge is 0.497 e. The molecule has 0 spiro atoms. The molecule has 194 valence electrons. The van der Waals surface area contributed by atoms with Gasteiger partial charge >= 0.3 is 5.97 Å². The van der Waals surface area contributed by atoms with E-state index in [2.05, 4.69) is 4.99 Å². The van der Waals surface area contributed by atoms with Crippen LogP contribution in [-0.2, 0) is 9.53 Å². The van der Waals surface area contributed by atoms with Gasteiger partial charge in [-0.15, -0.1) is 0 Å². The fourth-order valence-electron chi connectivity index (χ4n) is 4.19. The van der Waals surface area contributed by atoms with E-state index in [1.807, 2.05) is 44.2 Å². The number of nitrogens with zero attached hydrogens (tertiary/aromatic N) is 2. The Bertz CT molecular complexity index is 1520. The van der Waals surface area contributed by atoms with Crippen molar-refractivity contribution in [1.82, 2.24) is 4.57 Å². The van der Waals surface area contributed by atoms with E-state index in [1.165, 1.54) is 11.3 Å². The molecule has 1 atom stereocenters. The highest BCUT2D eigenvalue weighted by atomic mass is 32.1. The minimum atomic E-state index is -0.691. The number of esters is 1. The van der Waals surface area contributed by atoms with Crippen molar-refractivity contribution in [2.45, 2.75) is 39.8 Å². The molecule has 3 aromatic rings. The molecule has 2 heterocycles. The van der Waals surface area contributed by atoms with Crippen LogP contribution in [0.25, 0.3) is 6.08 Å². The van der Waals surface area contributed by atoms with Crippen molar-refractivity contribution in [3.63, 3.8) is 0 Å². The number of benzene rings is 2. The zero-order chi connectivity index (χ0) is 26.7. The molecule has 1 unspecified atom stereocenters. The Kier molecular flexibility index (Phi) is 7.83. The molecule has 0 radical (unpaired) electrons. The third-order valence-electron chi connectivity index (χ3n) is 5.81. The molecule has 2 aromatic carbocycles. The van der Waals surface area contributed by atoms with Gasteiger partial charge < -0.3 is 18.9 Å². The monoisotopic (exact) mass is 522 g/mol. The van der Waals surface area contributed by atoms with Crippen LogP contribution in [-0.4, -0.2) is 37.5 Å². The summed E-state index contributed by atoms with van der Waals surface area (Å²) in [6.07, 6.45) is 1.79. The number of allylic oxidation sites excluding steroid dienone is 1. The highest BCUT2D eigenvalue weighted by Gasteiger charge is 2.33. The number of hydrogen-bond acceptors (Lipinski definition) is 8. The number of carbonyl (C=O) groups is 1. The van der Waals surface area contributed by atoms with Crippen molar-refractivity contribution in [2.75, 3.05) is 20.8 Å². The van der Waals surface area contributed by atoms with E-state index in [0.717, 1.165) is 11.1 Å². The quantitative estimate of drug-likeness (QED) is 0.420. The van der Waals surface area contributed by atoms with Crippen molar-refractivity contribution in [1.29, 1.82) is 0 Å². The van der Waals surface area contributed by atoms with Gasteiger partial charge in [0.2, 0.25) is 0 Å². The molecule has 0 fully saturated rings. The molecule has 37 heavy (non-hydrogen) atoms. The van der Waals surface area contributed by atoms with Gasteiger partial charge in [-0.25, -0.2) is 9.79 Å². The van der Waals surface area contributed by atoms with Crippen molar-refractivity contribution in [2.24, 2.45) is 4.99 Å². The van der Waals surface area contributed by atoms with Gasteiger partial charge in [-0.1, -0.05) is 23.5 Å². The predicted octanol–water partition coefficient (Wildman–Crippen LogP) is 3.60. The van der Waals surface area contributed by atoms with E-state index in [4.69, 9.17) is 18.9 Å². The highest BCUT2D eigenvalue weighted by molar-refractivity contribution is 7.07. The number of thiazole rings is 1. The molecule has 0 saturated heterocycles. The summed E-state index contributed by atoms with van der Waals surface area (Å²) in [5, 5.41) is 0. The lowest BCUT2D eigenvalue weighted by atomic mass is 9.96. The molecule has 1 aromatic heterocycles. The molecule has 0 amide bonds. The summed E-state index contributed by atoms with van der Waals surface area (Å²) in [4.78, 5) is 32.0. The number of fused-ring (bicyclic) bond motifs is 1. The third-order valence-corrected chi connectivity index (χ3v) is 6.79. The van der Waals surface area contributed by atoms with Crippen molar-refractivity contribution in [3.05, 3.63) is 84.5 Å². The van der Waals surface area contributed by atoms with Gasteiger partial charge in [-0.3, -0.25) is 9.36 Å². The van der Waals surface area contributed by atoms with E-state index in [0.29, 0.717) is 37.9 Å². The Labute approximate surface area is 219 Å². The lowest BCUT2D eigenvalue weighted by Gasteiger charge is -2.25. The minimum absolute atomic E-state index is 0.0238. The van der Waals surface area contributed by atoms with E-state index in [-0.39, 0.29) is 18.3 Å². The maximum atomic E-state index is 13.8. The Balaban J connectivity index is 1.90. The van der Waals surface area contributed by atoms with E-state index in [1.54, 1.807) is 50.8 Å². The zero-order valence-electron chi connectivity index (χ0n) is 21.7. The molecule has 8 nitrogen and oxygen atoms in total. The number of aromatic nitrogens is 1. The minimum Gasteiger partial charge on any atom is -0.497 e. The predicted molar refractivity (Wildman–Crippen MR) is 142 cm³/mol. The molecule has 0 N–H and O–H groups in total. The number of hydrogen-bond donors (Lipinski definition) is 0. The normalized spacial score (nSPS) is 15.3. The lowest BCUT2D eigenvalue weighted by molar-refractivity contribution is -0.139. The summed E-state index contributed by atoms with van der Waals surface area (Å²) in [7, 11) is 3.15. The van der Waals surface area contributed by atoms with Crippen molar-refractivity contribution < 1.29 is 23.7 Å². The molecule has 0 aliphatic carbocycles. The molecular weight excluding hydrogens is 492 g/mol. The van der Waals surface area contributed by atoms with Crippen LogP contribution >= 0.6 is 11.3 Å². The van der Waals surface area contributed by atoms with Crippen LogP contribution in [0.1, 0.15) is 44.9 Å². The zero-order valence-corrected chi connectivity index (χ0v) is 22.5. The lowest BCUT2D eigenvalue weighted by Crippen LogP contribution is -2.39. The van der Waals surface area contributed by atoms with Crippen LogP contribution < -0.4 is 29.1 Å². The molecule has 0 saturated carbocycles. The Morgan fingerprint density at radius 2 is 1.81 bits per heavy atom. The Morgan fingerprint density at radius 3 is 2.43 bits per heavy atom. The third kappa shape index (κ3) is 5.32. The molecule has 9 heteroatoms. The molecule has 1 aliphatic rings. The Hall–Kier alpha value is -3.85. The van der Waals surface area contributed by atoms with Crippen LogP contribution in [0.3, 0.4) is 0 Å². The second-order valence-corrected chi connectivity index (χ2v) is 9.65. The molecule has 4 rings (SSSR count). The molecule has 1 aliphatic heterocycles. The maximum absolute atomic E-state index is 13.8. The summed E-state index contributed by atoms with van der Waals surface area (Å²) < 4.78 is 23.9. The van der Waals surface area contributed by atoms with E-state index < -0.39 is 12.0 Å². The van der Waals surface area contributed by atoms with Gasteiger partial charge in [0.1, 0.15) is 17.2 Å². The number of carbonyl (C=O) groups excluding carboxylic acids is 1. The first-order valence-corrected chi connectivity index (χ1v) is 12.8. The van der Waals surface area contributed by atoms with Crippen LogP contribution in [0, 0.1) is 0 Å². The fraction of sp³-hybridized carbons (Fsp3) is 0.321. The first kappa shape index (κ1) is 26.2. The average molecular weight is 523 g/mol. The number of rotatable bonds is 8. The van der Waals surface area contributed by atoms with Crippen LogP contribution in [0.4, 0.5) is 0 Å². The van der Waals surface area contributed by atoms with Crippen LogP contribution in [0.5, 0.6) is 17.2 Å². The van der Waals surface area contributed by atoms with Gasteiger partial charge in [-0.2, -0.15) is 0 Å². The average Bonchev–Trinajstić information content (AvgIpc) is 3.18. The van der Waals surface area contributed by atoms with Gasteiger partial charge in [0.05, 0.1) is 48.8 Å². The second-order valence-electron chi connectivity index (χ2n) is 8.65. The van der Waals surface area contributed by atoms with E-state index >= 15 is 0 Å². The summed E-state index contributed by atoms with van der Waals surface area (Å²) >= 11 is 1.26. The number of ether oxygens (including phenoxy) is 4. The first-order chi connectivity index (χ1) is 17.8. The van der Waals surface area contributed by atoms with E-state index in [9.17, 15) is 9.59 Å². The molecular formula is C28H30N2O6S. The van der Waals surface area contributed by atoms with Crippen LogP contribution in [0.15, 0.2) is 63.5 Å². The first-order valence-electron chi connectivity index (χ1n) is 12.0. The fourth-order valence-corrected chi connectivity index (χ4v) is 5.22.